The zero-order valence-corrected chi connectivity index (χ0v) is 42.9. The first kappa shape index (κ1) is 55.4. The van der Waals surface area contributed by atoms with Gasteiger partial charge in [-0.1, -0.05) is 75.2 Å². The Morgan fingerprint density at radius 1 is 0.556 bits per heavy atom. The van der Waals surface area contributed by atoms with Gasteiger partial charge in [0.15, 0.2) is 11.6 Å². The van der Waals surface area contributed by atoms with Gasteiger partial charge in [-0.15, -0.1) is 15.3 Å². The molecule has 0 aliphatic rings. The number of nitrogens with zero attached hydrogens (tertiary/aromatic N) is 8. The van der Waals surface area contributed by atoms with Crippen LogP contribution >= 0.6 is 0 Å². The molecule has 18 heteroatoms. The predicted molar refractivity (Wildman–Crippen MR) is 268 cm³/mol. The van der Waals surface area contributed by atoms with E-state index in [0.29, 0.717) is 50.4 Å². The third-order valence-electron chi connectivity index (χ3n) is 11.6. The van der Waals surface area contributed by atoms with E-state index in [1.54, 1.807) is 67.4 Å². The Kier molecular flexibility index (Phi) is 19.7. The fraction of sp³-hybridized carbons (Fsp3) is 0.444. The van der Waals surface area contributed by atoms with Crippen LogP contribution in [0.25, 0.3) is 0 Å². The van der Waals surface area contributed by atoms with Gasteiger partial charge in [0.05, 0.1) is 50.3 Å². The Bertz CT molecular complexity index is 2670. The maximum absolute atomic E-state index is 13.4. The Labute approximate surface area is 421 Å². The lowest BCUT2D eigenvalue weighted by atomic mass is 9.83. The number of ether oxygens (including phenoxy) is 4. The van der Waals surface area contributed by atoms with Gasteiger partial charge in [0.25, 0.3) is 0 Å². The van der Waals surface area contributed by atoms with Gasteiger partial charge < -0.3 is 29.2 Å². The van der Waals surface area contributed by atoms with Crippen molar-refractivity contribution in [1.29, 1.82) is 0 Å². The molecule has 0 aliphatic carbocycles. The van der Waals surface area contributed by atoms with Crippen LogP contribution in [0, 0.1) is 11.8 Å². The number of carboxylic acids is 2. The van der Waals surface area contributed by atoms with Crippen molar-refractivity contribution in [2.75, 3.05) is 14.2 Å². The molecule has 2 N–H and O–H groups in total. The van der Waals surface area contributed by atoms with Crippen LogP contribution in [0.3, 0.4) is 0 Å². The summed E-state index contributed by atoms with van der Waals surface area (Å²) in [6.45, 7) is 16.0. The van der Waals surface area contributed by atoms with E-state index in [2.05, 4.69) is 30.9 Å². The van der Waals surface area contributed by atoms with Gasteiger partial charge >= 0.3 is 23.9 Å². The van der Waals surface area contributed by atoms with Crippen molar-refractivity contribution in [3.05, 3.63) is 142 Å². The standard InChI is InChI=1S/2C27H34N4O5/c1-6-7-22(26(34)36-27(2,3)4)23(16-18-8-12-20(13-9-18)25(32)33)24-28-29-30-31(24)17-19-10-14-21(35-5)15-11-19;1-6-7-22(26(34)36-27(2,3)4)23(16-18-8-12-20(13-9-18)25(32)33)24-28-30-31(29-24)17-19-10-14-21(35-5)15-11-19/h2*8-15,22-23H,6-7,16-17H2,1-5H3,(H,32,33)/t2*22-,23-/m00/s1. The van der Waals surface area contributed by atoms with Crippen molar-refractivity contribution >= 4 is 23.9 Å². The van der Waals surface area contributed by atoms with Gasteiger partial charge in [0.1, 0.15) is 22.7 Å². The Hall–Kier alpha value is -7.50. The molecule has 2 aromatic heterocycles. The molecule has 6 rings (SSSR count). The zero-order chi connectivity index (χ0) is 52.6. The number of hydrogen-bond acceptors (Lipinski definition) is 14. The van der Waals surface area contributed by atoms with Crippen molar-refractivity contribution in [3.8, 4) is 11.5 Å². The van der Waals surface area contributed by atoms with Crippen molar-refractivity contribution < 1.29 is 48.3 Å². The molecule has 2 heterocycles. The van der Waals surface area contributed by atoms with Crippen molar-refractivity contribution in [1.82, 2.24) is 40.4 Å². The van der Waals surface area contributed by atoms with E-state index in [1.807, 2.05) is 104 Å². The Morgan fingerprint density at radius 2 is 0.972 bits per heavy atom. The molecule has 72 heavy (non-hydrogen) atoms. The number of carbonyl (C=O) groups is 4. The second kappa shape index (κ2) is 25.6. The summed E-state index contributed by atoms with van der Waals surface area (Å²) in [5, 5.41) is 44.2. The minimum atomic E-state index is -0.987. The Balaban J connectivity index is 0.000000267. The van der Waals surface area contributed by atoms with Crippen molar-refractivity contribution in [2.45, 2.75) is 130 Å². The van der Waals surface area contributed by atoms with Crippen molar-refractivity contribution in [3.63, 3.8) is 0 Å². The average molecular weight is 989 g/mol. The number of tetrazole rings is 2. The molecule has 384 valence electrons. The molecule has 0 amide bonds. The molecule has 4 aromatic carbocycles. The number of aromatic carboxylic acids is 2. The molecule has 0 aliphatic heterocycles. The van der Waals surface area contributed by atoms with Crippen LogP contribution in [0.15, 0.2) is 97.1 Å². The van der Waals surface area contributed by atoms with E-state index in [9.17, 15) is 29.4 Å². The number of methoxy groups -OCH3 is 2. The monoisotopic (exact) mass is 989 g/mol. The highest BCUT2D eigenvalue weighted by Crippen LogP contribution is 2.35. The molecule has 0 saturated heterocycles. The number of hydrogen-bond donors (Lipinski definition) is 2. The van der Waals surface area contributed by atoms with Gasteiger partial charge in [-0.05, 0) is 154 Å². The van der Waals surface area contributed by atoms with Crippen LogP contribution in [0.5, 0.6) is 11.5 Å². The van der Waals surface area contributed by atoms with Gasteiger partial charge in [-0.2, -0.15) is 4.80 Å². The molecular weight excluding hydrogens is 921 g/mol. The van der Waals surface area contributed by atoms with E-state index < -0.39 is 35.0 Å². The molecule has 18 nitrogen and oxygen atoms in total. The quantitative estimate of drug-likeness (QED) is 0.0604. The zero-order valence-electron chi connectivity index (χ0n) is 42.9. The number of rotatable bonds is 22. The molecule has 0 saturated carbocycles. The molecular formula is C54H68N8O10. The number of aromatic nitrogens is 8. The molecule has 0 radical (unpaired) electrons. The first-order valence-electron chi connectivity index (χ1n) is 24.1. The van der Waals surface area contributed by atoms with Crippen LogP contribution in [-0.4, -0.2) is 99.9 Å². The molecule has 0 spiro atoms. The van der Waals surface area contributed by atoms with E-state index in [-0.39, 0.29) is 34.9 Å². The average Bonchev–Trinajstić information content (AvgIpc) is 4.00. The van der Waals surface area contributed by atoms with Gasteiger partial charge in [-0.25, -0.2) is 14.3 Å². The van der Waals surface area contributed by atoms with Crippen LogP contribution in [0.4, 0.5) is 0 Å². The van der Waals surface area contributed by atoms with Crippen LogP contribution in [0.1, 0.15) is 148 Å². The van der Waals surface area contributed by atoms with Crippen molar-refractivity contribution in [2.24, 2.45) is 11.8 Å². The summed E-state index contributed by atoms with van der Waals surface area (Å²) in [4.78, 5) is 50.7. The second-order valence-electron chi connectivity index (χ2n) is 19.6. The summed E-state index contributed by atoms with van der Waals surface area (Å²) >= 11 is 0. The smallest absolute Gasteiger partial charge is 0.335 e. The number of carboxylic acid groups (broad SMARTS) is 2. The SMILES string of the molecule is CCC[C@H](C(=O)OC(C)(C)C)[C@H](Cc1ccc(C(=O)O)cc1)c1nnn(Cc2ccc(OC)cc2)n1.CCC[C@H](C(=O)OC(C)(C)C)[C@H](Cc1ccc(C(=O)O)cc1)c1nnnn1Cc1ccc(OC)cc1. The summed E-state index contributed by atoms with van der Waals surface area (Å²) in [6, 6.07) is 28.6. The van der Waals surface area contributed by atoms with E-state index in [4.69, 9.17) is 18.9 Å². The maximum atomic E-state index is 13.4. The molecule has 6 aromatic rings. The first-order valence-corrected chi connectivity index (χ1v) is 24.1. The van der Waals surface area contributed by atoms with E-state index in [1.165, 1.54) is 4.80 Å². The molecule has 0 bridgehead atoms. The van der Waals surface area contributed by atoms with Gasteiger partial charge in [0, 0.05) is 11.8 Å². The normalized spacial score (nSPS) is 13.1. The summed E-state index contributed by atoms with van der Waals surface area (Å²) < 4.78 is 23.7. The molecule has 4 atom stereocenters. The third kappa shape index (κ3) is 16.6. The van der Waals surface area contributed by atoms with E-state index in [0.717, 1.165) is 46.6 Å². The van der Waals surface area contributed by atoms with E-state index >= 15 is 0 Å². The lowest BCUT2D eigenvalue weighted by Gasteiger charge is -2.29. The summed E-state index contributed by atoms with van der Waals surface area (Å²) in [7, 11) is 3.24. The van der Waals surface area contributed by atoms with Crippen LogP contribution < -0.4 is 9.47 Å². The lowest BCUT2D eigenvalue weighted by Crippen LogP contribution is -2.33. The number of esters is 2. The maximum Gasteiger partial charge on any atom is 0.335 e. The number of carbonyl (C=O) groups excluding carboxylic acids is 2. The summed E-state index contributed by atoms with van der Waals surface area (Å²) in [6.07, 6.45) is 3.64. The minimum Gasteiger partial charge on any atom is -0.497 e. The molecule has 0 fully saturated rings. The highest BCUT2D eigenvalue weighted by atomic mass is 16.6. The minimum absolute atomic E-state index is 0.205. The largest absolute Gasteiger partial charge is 0.497 e. The highest BCUT2D eigenvalue weighted by molar-refractivity contribution is 5.88. The first-order chi connectivity index (χ1) is 34.2. The Morgan fingerprint density at radius 3 is 1.39 bits per heavy atom. The topological polar surface area (TPSA) is 233 Å². The molecule has 0 unspecified atom stereocenters. The summed E-state index contributed by atoms with van der Waals surface area (Å²) in [5.74, 6) is -1.74. The fourth-order valence-electron chi connectivity index (χ4n) is 8.10. The lowest BCUT2D eigenvalue weighted by molar-refractivity contribution is -0.162. The third-order valence-corrected chi connectivity index (χ3v) is 11.6. The fourth-order valence-corrected chi connectivity index (χ4v) is 8.10. The number of benzene rings is 4. The summed E-state index contributed by atoms with van der Waals surface area (Å²) in [5.41, 5.74) is 2.88. The van der Waals surface area contributed by atoms with Gasteiger partial charge in [0.2, 0.25) is 0 Å². The van der Waals surface area contributed by atoms with Gasteiger partial charge in [-0.3, -0.25) is 9.59 Å². The highest BCUT2D eigenvalue weighted by Gasteiger charge is 2.37. The second-order valence-corrected chi connectivity index (χ2v) is 19.6. The van der Waals surface area contributed by atoms with Crippen LogP contribution in [0.2, 0.25) is 0 Å². The predicted octanol–water partition coefficient (Wildman–Crippen LogP) is 9.03. The van der Waals surface area contributed by atoms with Crippen LogP contribution in [-0.2, 0) is 45.0 Å².